The number of hydrogen-bond donors (Lipinski definition) is 1. The van der Waals surface area contributed by atoms with Crippen molar-refractivity contribution >= 4 is 28.8 Å². The van der Waals surface area contributed by atoms with Crippen LogP contribution >= 0.6 is 22.9 Å². The van der Waals surface area contributed by atoms with Crippen molar-refractivity contribution in [3.05, 3.63) is 57.0 Å². The second-order valence-corrected chi connectivity index (χ2v) is 7.34. The number of nitrogens with zero attached hydrogens (tertiary/aromatic N) is 1. The number of likely N-dealkylation sites (tertiary alicyclic amines) is 1. The molecule has 3 nitrogen and oxygen atoms in total. The van der Waals surface area contributed by atoms with Crippen LogP contribution in [0.5, 0.6) is 0 Å². The van der Waals surface area contributed by atoms with E-state index in [0.29, 0.717) is 11.6 Å². The lowest BCUT2D eigenvalue weighted by Crippen LogP contribution is -2.37. The first-order valence-corrected chi connectivity index (χ1v) is 9.38. The van der Waals surface area contributed by atoms with Crippen molar-refractivity contribution in [1.82, 2.24) is 10.2 Å². The molecule has 1 unspecified atom stereocenters. The average molecular weight is 367 g/mol. The molecule has 1 aromatic heterocycles. The molecule has 1 aromatic carbocycles. The summed E-state index contributed by atoms with van der Waals surface area (Å²) in [5.74, 6) is -0.644. The van der Waals surface area contributed by atoms with Crippen LogP contribution in [-0.4, -0.2) is 30.4 Å². The minimum atomic E-state index is -0.438. The van der Waals surface area contributed by atoms with Gasteiger partial charge in [0, 0.05) is 22.0 Å². The number of rotatable bonds is 6. The maximum atomic E-state index is 13.8. The predicted molar refractivity (Wildman–Crippen MR) is 96.0 cm³/mol. The number of amides is 1. The highest BCUT2D eigenvalue weighted by atomic mass is 35.5. The lowest BCUT2D eigenvalue weighted by Gasteiger charge is -2.27. The van der Waals surface area contributed by atoms with Crippen molar-refractivity contribution in [2.24, 2.45) is 0 Å². The fraction of sp³-hybridized carbons (Fsp3) is 0.389. The molecule has 1 fully saturated rings. The highest BCUT2D eigenvalue weighted by Gasteiger charge is 2.24. The first-order valence-electron chi connectivity index (χ1n) is 8.12. The molecular weight excluding hydrogens is 347 g/mol. The van der Waals surface area contributed by atoms with Gasteiger partial charge < -0.3 is 5.32 Å². The van der Waals surface area contributed by atoms with Gasteiger partial charge in [-0.15, -0.1) is 11.3 Å². The van der Waals surface area contributed by atoms with Gasteiger partial charge >= 0.3 is 0 Å². The van der Waals surface area contributed by atoms with Crippen molar-refractivity contribution in [3.8, 4) is 0 Å². The highest BCUT2D eigenvalue weighted by molar-refractivity contribution is 7.10. The molecule has 128 valence electrons. The fourth-order valence-electron chi connectivity index (χ4n) is 3.08. The Balaban J connectivity index is 1.63. The van der Waals surface area contributed by atoms with Crippen LogP contribution in [0.4, 0.5) is 4.39 Å². The molecule has 1 aliphatic rings. The molecule has 1 saturated heterocycles. The molecule has 1 amide bonds. The summed E-state index contributed by atoms with van der Waals surface area (Å²) >= 11 is 7.70. The van der Waals surface area contributed by atoms with E-state index in [0.717, 1.165) is 13.1 Å². The van der Waals surface area contributed by atoms with Crippen molar-refractivity contribution in [1.29, 1.82) is 0 Å². The average Bonchev–Trinajstić information content (AvgIpc) is 3.25. The first kappa shape index (κ1) is 17.4. The van der Waals surface area contributed by atoms with E-state index < -0.39 is 5.82 Å². The predicted octanol–water partition coefficient (Wildman–Crippen LogP) is 4.04. The van der Waals surface area contributed by atoms with Crippen molar-refractivity contribution in [2.45, 2.75) is 25.3 Å². The Kier molecular flexibility index (Phi) is 5.87. The van der Waals surface area contributed by atoms with Gasteiger partial charge in [-0.2, -0.15) is 0 Å². The van der Waals surface area contributed by atoms with Crippen LogP contribution in [0, 0.1) is 5.82 Å². The van der Waals surface area contributed by atoms with Gasteiger partial charge in [-0.1, -0.05) is 23.7 Å². The maximum absolute atomic E-state index is 13.8. The van der Waals surface area contributed by atoms with Gasteiger partial charge in [0.15, 0.2) is 0 Å². The van der Waals surface area contributed by atoms with Crippen LogP contribution in [0.15, 0.2) is 35.7 Å². The summed E-state index contributed by atoms with van der Waals surface area (Å²) in [5, 5.41) is 5.30. The van der Waals surface area contributed by atoms with Crippen LogP contribution < -0.4 is 5.32 Å². The van der Waals surface area contributed by atoms with Gasteiger partial charge in [0.1, 0.15) is 5.82 Å². The van der Waals surface area contributed by atoms with Crippen LogP contribution in [0.1, 0.15) is 29.3 Å². The zero-order valence-electron chi connectivity index (χ0n) is 13.3. The second kappa shape index (κ2) is 8.10. The molecule has 0 radical (unpaired) electrons. The van der Waals surface area contributed by atoms with Crippen molar-refractivity contribution in [2.75, 3.05) is 19.6 Å². The Hall–Kier alpha value is -1.43. The van der Waals surface area contributed by atoms with E-state index in [1.54, 1.807) is 23.5 Å². The minimum absolute atomic E-state index is 0.0390. The molecule has 1 aliphatic heterocycles. The number of carbonyl (C=O) groups is 1. The number of halogens is 2. The SMILES string of the molecule is O=C(Cc1c(F)cccc1Cl)NCC(c1cccs1)N1CCCC1. The standard InChI is InChI=1S/C18H20ClFN2OS/c19-14-5-3-6-15(20)13(14)11-18(23)21-12-16(17-7-4-10-24-17)22-8-1-2-9-22/h3-7,10,16H,1-2,8-9,11-12H2,(H,21,23). The molecule has 3 rings (SSSR count). The van der Waals surface area contributed by atoms with E-state index in [1.807, 2.05) is 6.07 Å². The Bertz CT molecular complexity index is 666. The Morgan fingerprint density at radius 3 is 2.75 bits per heavy atom. The van der Waals surface area contributed by atoms with Crippen molar-refractivity contribution in [3.63, 3.8) is 0 Å². The normalized spacial score (nSPS) is 16.2. The number of nitrogens with one attached hydrogen (secondary N) is 1. The largest absolute Gasteiger partial charge is 0.354 e. The maximum Gasteiger partial charge on any atom is 0.224 e. The summed E-state index contributed by atoms with van der Waals surface area (Å²) in [6.07, 6.45) is 2.35. The number of thiophene rings is 1. The van der Waals surface area contributed by atoms with Crippen LogP contribution in [0.25, 0.3) is 0 Å². The highest BCUT2D eigenvalue weighted by Crippen LogP contribution is 2.28. The summed E-state index contributed by atoms with van der Waals surface area (Å²) in [7, 11) is 0. The van der Waals surface area contributed by atoms with E-state index in [-0.39, 0.29) is 23.9 Å². The lowest BCUT2D eigenvalue weighted by atomic mass is 10.1. The van der Waals surface area contributed by atoms with Crippen molar-refractivity contribution < 1.29 is 9.18 Å². The van der Waals surface area contributed by atoms with E-state index in [4.69, 9.17) is 11.6 Å². The molecule has 0 aliphatic carbocycles. The van der Waals surface area contributed by atoms with Crippen LogP contribution in [0.3, 0.4) is 0 Å². The van der Waals surface area contributed by atoms with E-state index in [2.05, 4.69) is 21.7 Å². The lowest BCUT2D eigenvalue weighted by molar-refractivity contribution is -0.120. The van der Waals surface area contributed by atoms with Gasteiger partial charge in [-0.05, 0) is 49.5 Å². The van der Waals surface area contributed by atoms with E-state index in [9.17, 15) is 9.18 Å². The molecule has 1 N–H and O–H groups in total. The van der Waals surface area contributed by atoms with Gasteiger partial charge in [0.05, 0.1) is 12.5 Å². The van der Waals surface area contributed by atoms with Gasteiger partial charge in [-0.3, -0.25) is 9.69 Å². The summed E-state index contributed by atoms with van der Waals surface area (Å²) in [5.41, 5.74) is 0.255. The Morgan fingerprint density at radius 1 is 1.29 bits per heavy atom. The molecular formula is C18H20ClFN2OS. The molecule has 6 heteroatoms. The number of carbonyl (C=O) groups excluding carboxylic acids is 1. The fourth-order valence-corrected chi connectivity index (χ4v) is 4.17. The Morgan fingerprint density at radius 2 is 2.08 bits per heavy atom. The third-order valence-corrected chi connectivity index (χ3v) is 5.67. The molecule has 0 bridgehead atoms. The first-order chi connectivity index (χ1) is 11.6. The molecule has 0 spiro atoms. The molecule has 1 atom stereocenters. The summed E-state index contributed by atoms with van der Waals surface area (Å²) < 4.78 is 13.8. The monoisotopic (exact) mass is 366 g/mol. The van der Waals surface area contributed by atoms with E-state index in [1.165, 1.54) is 23.8 Å². The zero-order valence-corrected chi connectivity index (χ0v) is 14.9. The van der Waals surface area contributed by atoms with Gasteiger partial charge in [0.2, 0.25) is 5.91 Å². The summed E-state index contributed by atoms with van der Waals surface area (Å²) in [6.45, 7) is 2.64. The molecule has 24 heavy (non-hydrogen) atoms. The van der Waals surface area contributed by atoms with Crippen LogP contribution in [-0.2, 0) is 11.2 Å². The van der Waals surface area contributed by atoms with Gasteiger partial charge in [-0.25, -0.2) is 4.39 Å². The molecule has 0 saturated carbocycles. The zero-order chi connectivity index (χ0) is 16.9. The third kappa shape index (κ3) is 4.15. The topological polar surface area (TPSA) is 32.3 Å². The molecule has 2 aromatic rings. The minimum Gasteiger partial charge on any atom is -0.354 e. The third-order valence-electron chi connectivity index (χ3n) is 4.34. The van der Waals surface area contributed by atoms with Gasteiger partial charge in [0.25, 0.3) is 0 Å². The smallest absolute Gasteiger partial charge is 0.224 e. The quantitative estimate of drug-likeness (QED) is 0.836. The second-order valence-electron chi connectivity index (χ2n) is 5.96. The number of hydrogen-bond acceptors (Lipinski definition) is 3. The number of benzene rings is 1. The Labute approximate surface area is 150 Å². The molecule has 2 heterocycles. The summed E-state index contributed by atoms with van der Waals surface area (Å²) in [6, 6.07) is 8.79. The summed E-state index contributed by atoms with van der Waals surface area (Å²) in [4.78, 5) is 15.9. The van der Waals surface area contributed by atoms with Crippen LogP contribution in [0.2, 0.25) is 5.02 Å². The van der Waals surface area contributed by atoms with E-state index >= 15 is 0 Å².